The summed E-state index contributed by atoms with van der Waals surface area (Å²) < 4.78 is 26.3. The molecule has 0 heterocycles. The van der Waals surface area contributed by atoms with Crippen LogP contribution < -0.4 is 4.72 Å². The topological polar surface area (TPSA) is 73.2 Å². The zero-order valence-electron chi connectivity index (χ0n) is 9.14. The van der Waals surface area contributed by atoms with E-state index in [2.05, 4.69) is 4.72 Å². The Hall–Kier alpha value is -1.42. The third-order valence-electron chi connectivity index (χ3n) is 2.00. The van der Waals surface area contributed by atoms with Gasteiger partial charge in [0, 0.05) is 20.6 Å². The van der Waals surface area contributed by atoms with E-state index in [1.54, 1.807) is 24.3 Å². The fraction of sp³-hybridized carbons (Fsp3) is 0.300. The molecule has 16 heavy (non-hydrogen) atoms. The summed E-state index contributed by atoms with van der Waals surface area (Å²) in [6, 6.07) is 8.80. The molecule has 0 aliphatic rings. The molecule has 0 spiro atoms. The second-order valence-electron chi connectivity index (χ2n) is 3.42. The van der Waals surface area contributed by atoms with Gasteiger partial charge < -0.3 is 0 Å². The van der Waals surface area contributed by atoms with Crippen LogP contribution >= 0.6 is 0 Å². The van der Waals surface area contributed by atoms with Crippen molar-refractivity contribution in [3.8, 4) is 6.07 Å². The maximum absolute atomic E-state index is 11.4. The third kappa shape index (κ3) is 3.31. The molecule has 0 radical (unpaired) electrons. The quantitative estimate of drug-likeness (QED) is 0.829. The Bertz CT molecular complexity index is 503. The van der Waals surface area contributed by atoms with Crippen LogP contribution in [0.1, 0.15) is 11.1 Å². The molecule has 1 aromatic rings. The van der Waals surface area contributed by atoms with Crippen LogP contribution in [0.2, 0.25) is 0 Å². The highest BCUT2D eigenvalue weighted by molar-refractivity contribution is 7.87. The minimum atomic E-state index is -3.42. The van der Waals surface area contributed by atoms with E-state index in [4.69, 9.17) is 5.26 Å². The second kappa shape index (κ2) is 5.07. The van der Waals surface area contributed by atoms with E-state index >= 15 is 0 Å². The number of nitriles is 1. The van der Waals surface area contributed by atoms with Crippen molar-refractivity contribution in [2.24, 2.45) is 0 Å². The molecule has 0 saturated carbocycles. The lowest BCUT2D eigenvalue weighted by Gasteiger charge is -2.12. The van der Waals surface area contributed by atoms with Crippen LogP contribution in [0.5, 0.6) is 0 Å². The Labute approximate surface area is 95.5 Å². The van der Waals surface area contributed by atoms with E-state index < -0.39 is 10.2 Å². The second-order valence-corrected chi connectivity index (χ2v) is 5.39. The lowest BCUT2D eigenvalue weighted by molar-refractivity contribution is 0.505. The van der Waals surface area contributed by atoms with E-state index in [0.717, 1.165) is 9.87 Å². The van der Waals surface area contributed by atoms with Gasteiger partial charge in [-0.1, -0.05) is 12.1 Å². The molecule has 5 nitrogen and oxygen atoms in total. The summed E-state index contributed by atoms with van der Waals surface area (Å²) in [6.07, 6.45) is 0. The van der Waals surface area contributed by atoms with Gasteiger partial charge in [-0.3, -0.25) is 0 Å². The largest absolute Gasteiger partial charge is 0.279 e. The molecule has 0 saturated heterocycles. The van der Waals surface area contributed by atoms with Gasteiger partial charge in [-0.05, 0) is 17.7 Å². The SMILES string of the molecule is CN(C)S(=O)(=O)NCc1cccc(C#N)c1. The number of hydrogen-bond donors (Lipinski definition) is 1. The molecule has 86 valence electrons. The molecule has 1 N–H and O–H groups in total. The monoisotopic (exact) mass is 239 g/mol. The third-order valence-corrected chi connectivity index (χ3v) is 3.47. The number of nitrogens with one attached hydrogen (secondary N) is 1. The zero-order valence-corrected chi connectivity index (χ0v) is 9.95. The van der Waals surface area contributed by atoms with Crippen molar-refractivity contribution >= 4 is 10.2 Å². The Morgan fingerprint density at radius 3 is 2.69 bits per heavy atom. The summed E-state index contributed by atoms with van der Waals surface area (Å²) in [5.41, 5.74) is 1.27. The summed E-state index contributed by atoms with van der Waals surface area (Å²) in [7, 11) is -0.511. The fourth-order valence-electron chi connectivity index (χ4n) is 1.05. The summed E-state index contributed by atoms with van der Waals surface area (Å²) >= 11 is 0. The van der Waals surface area contributed by atoms with E-state index in [0.29, 0.717) is 5.56 Å². The molecule has 0 amide bonds. The highest BCUT2D eigenvalue weighted by atomic mass is 32.2. The summed E-state index contributed by atoms with van der Waals surface area (Å²) in [5.74, 6) is 0. The lowest BCUT2D eigenvalue weighted by atomic mass is 10.1. The number of benzene rings is 1. The Morgan fingerprint density at radius 2 is 2.12 bits per heavy atom. The van der Waals surface area contributed by atoms with E-state index in [9.17, 15) is 8.42 Å². The van der Waals surface area contributed by atoms with Gasteiger partial charge in [0.05, 0.1) is 11.6 Å². The van der Waals surface area contributed by atoms with Gasteiger partial charge in [0.2, 0.25) is 0 Å². The van der Waals surface area contributed by atoms with Crippen molar-refractivity contribution in [1.82, 2.24) is 9.03 Å². The van der Waals surface area contributed by atoms with Crippen molar-refractivity contribution in [3.63, 3.8) is 0 Å². The van der Waals surface area contributed by atoms with Crippen LogP contribution in [-0.2, 0) is 16.8 Å². The fourth-order valence-corrected chi connectivity index (χ4v) is 1.66. The Balaban J connectivity index is 2.73. The first-order chi connectivity index (χ1) is 7.45. The lowest BCUT2D eigenvalue weighted by Crippen LogP contribution is -2.35. The number of nitrogens with zero attached hydrogens (tertiary/aromatic N) is 2. The molecule has 0 unspecified atom stereocenters. The van der Waals surface area contributed by atoms with Gasteiger partial charge >= 0.3 is 0 Å². The van der Waals surface area contributed by atoms with Crippen LogP contribution in [0.15, 0.2) is 24.3 Å². The first-order valence-electron chi connectivity index (χ1n) is 4.62. The average molecular weight is 239 g/mol. The van der Waals surface area contributed by atoms with Crippen LogP contribution in [-0.4, -0.2) is 26.8 Å². The van der Waals surface area contributed by atoms with Gasteiger partial charge in [-0.15, -0.1) is 0 Å². The standard InChI is InChI=1S/C10H13N3O2S/c1-13(2)16(14,15)12-8-10-5-3-4-9(6-10)7-11/h3-6,12H,8H2,1-2H3. The number of hydrogen-bond acceptors (Lipinski definition) is 3. The van der Waals surface area contributed by atoms with Crippen molar-refractivity contribution in [1.29, 1.82) is 5.26 Å². The zero-order chi connectivity index (χ0) is 12.2. The van der Waals surface area contributed by atoms with Gasteiger partial charge in [0.1, 0.15) is 0 Å². The highest BCUT2D eigenvalue weighted by Crippen LogP contribution is 2.04. The van der Waals surface area contributed by atoms with Crippen LogP contribution in [0.3, 0.4) is 0 Å². The van der Waals surface area contributed by atoms with Crippen LogP contribution in [0.25, 0.3) is 0 Å². The predicted octanol–water partition coefficient (Wildman–Crippen LogP) is 0.454. The van der Waals surface area contributed by atoms with Crippen LogP contribution in [0, 0.1) is 11.3 Å². The summed E-state index contributed by atoms with van der Waals surface area (Å²) in [6.45, 7) is 0.177. The Morgan fingerprint density at radius 1 is 1.44 bits per heavy atom. The predicted molar refractivity (Wildman–Crippen MR) is 60.6 cm³/mol. The molecule has 1 rings (SSSR count). The molecule has 0 atom stereocenters. The van der Waals surface area contributed by atoms with E-state index in [1.807, 2.05) is 6.07 Å². The van der Waals surface area contributed by atoms with Gasteiger partial charge in [-0.25, -0.2) is 0 Å². The smallest absolute Gasteiger partial charge is 0.198 e. The Kier molecular flexibility index (Phi) is 4.01. The van der Waals surface area contributed by atoms with Crippen LogP contribution in [0.4, 0.5) is 0 Å². The normalized spacial score (nSPS) is 11.4. The van der Waals surface area contributed by atoms with Gasteiger partial charge in [-0.2, -0.15) is 22.7 Å². The van der Waals surface area contributed by atoms with E-state index in [-0.39, 0.29) is 6.54 Å². The molecule has 0 fully saturated rings. The number of rotatable bonds is 4. The van der Waals surface area contributed by atoms with Gasteiger partial charge in [0.25, 0.3) is 10.2 Å². The molecule has 0 aliphatic carbocycles. The highest BCUT2D eigenvalue weighted by Gasteiger charge is 2.11. The molecule has 0 aliphatic heterocycles. The van der Waals surface area contributed by atoms with E-state index in [1.165, 1.54) is 14.1 Å². The minimum absolute atomic E-state index is 0.177. The van der Waals surface area contributed by atoms with Crippen molar-refractivity contribution in [3.05, 3.63) is 35.4 Å². The molecule has 1 aromatic carbocycles. The first-order valence-corrected chi connectivity index (χ1v) is 6.06. The maximum Gasteiger partial charge on any atom is 0.279 e. The molecule has 0 bridgehead atoms. The summed E-state index contributed by atoms with van der Waals surface area (Å²) in [5, 5.41) is 8.68. The maximum atomic E-state index is 11.4. The molecule has 0 aromatic heterocycles. The van der Waals surface area contributed by atoms with Crippen molar-refractivity contribution in [2.75, 3.05) is 14.1 Å². The molecular formula is C10H13N3O2S. The molecular weight excluding hydrogens is 226 g/mol. The average Bonchev–Trinajstić information content (AvgIpc) is 2.26. The first kappa shape index (κ1) is 12.6. The minimum Gasteiger partial charge on any atom is -0.198 e. The van der Waals surface area contributed by atoms with Gasteiger partial charge in [0.15, 0.2) is 0 Å². The van der Waals surface area contributed by atoms with Crippen molar-refractivity contribution < 1.29 is 8.42 Å². The summed E-state index contributed by atoms with van der Waals surface area (Å²) in [4.78, 5) is 0. The van der Waals surface area contributed by atoms with Crippen molar-refractivity contribution in [2.45, 2.75) is 6.54 Å². The molecule has 6 heteroatoms.